The predicted molar refractivity (Wildman–Crippen MR) is 72.6 cm³/mol. The predicted octanol–water partition coefficient (Wildman–Crippen LogP) is 2.62. The molecule has 0 aliphatic carbocycles. The highest BCUT2D eigenvalue weighted by atomic mass is 35.5. The van der Waals surface area contributed by atoms with Gasteiger partial charge in [0.2, 0.25) is 0 Å². The Balaban J connectivity index is 3.21. The molecule has 0 amide bonds. The zero-order valence-corrected chi connectivity index (χ0v) is 11.5. The normalized spacial score (nSPS) is 14.3. The number of benzene rings is 1. The van der Waals surface area contributed by atoms with Crippen LogP contribution in [0, 0.1) is 10.1 Å². The highest BCUT2D eigenvalue weighted by Gasteiger charge is 2.27. The van der Waals surface area contributed by atoms with Crippen molar-refractivity contribution in [2.24, 2.45) is 0 Å². The minimum absolute atomic E-state index is 0.0167. The molecule has 5 nitrogen and oxygen atoms in total. The van der Waals surface area contributed by atoms with Gasteiger partial charge in [-0.3, -0.25) is 10.1 Å². The van der Waals surface area contributed by atoms with Crippen LogP contribution in [-0.2, 0) is 0 Å². The van der Waals surface area contributed by atoms with E-state index >= 15 is 0 Å². The maximum atomic E-state index is 10.9. The van der Waals surface area contributed by atoms with Crippen LogP contribution in [0.25, 0.3) is 0 Å². The zero-order valence-electron chi connectivity index (χ0n) is 9.08. The van der Waals surface area contributed by atoms with Gasteiger partial charge in [0.15, 0.2) is 0 Å². The Morgan fingerprint density at radius 2 is 1.89 bits per heavy atom. The number of hydrogen-bond acceptors (Lipinski definition) is 5. The number of nitro benzene ring substituents is 1. The fraction of sp³-hybridized carbons (Fsp3) is 0.400. The number of aliphatic hydroxyl groups is 2. The molecule has 1 aromatic rings. The van der Waals surface area contributed by atoms with Gasteiger partial charge in [0.1, 0.15) is 6.10 Å². The Labute approximate surface area is 119 Å². The third-order valence-corrected chi connectivity index (χ3v) is 3.35. The van der Waals surface area contributed by atoms with Gasteiger partial charge >= 0.3 is 0 Å². The topological polar surface area (TPSA) is 83.6 Å². The summed E-state index contributed by atoms with van der Waals surface area (Å²) in [6, 6.07) is 2.24. The molecular formula is C10H11Cl2NO4S. The van der Waals surface area contributed by atoms with Gasteiger partial charge in [0, 0.05) is 6.07 Å². The molecule has 8 heteroatoms. The molecule has 2 unspecified atom stereocenters. The molecule has 1 aromatic carbocycles. The molecule has 1 rings (SSSR count). The Morgan fingerprint density at radius 3 is 2.39 bits per heavy atom. The maximum absolute atomic E-state index is 10.9. The average molecular weight is 312 g/mol. The fourth-order valence-electron chi connectivity index (χ4n) is 1.44. The van der Waals surface area contributed by atoms with Gasteiger partial charge in [-0.25, -0.2) is 0 Å². The summed E-state index contributed by atoms with van der Waals surface area (Å²) >= 11 is 15.4. The number of rotatable bonds is 5. The summed E-state index contributed by atoms with van der Waals surface area (Å²) < 4.78 is 0. The van der Waals surface area contributed by atoms with E-state index in [-0.39, 0.29) is 27.7 Å². The van der Waals surface area contributed by atoms with Crippen molar-refractivity contribution in [1.82, 2.24) is 0 Å². The lowest BCUT2D eigenvalue weighted by molar-refractivity contribution is -0.386. The second-order valence-electron chi connectivity index (χ2n) is 3.61. The SMILES string of the molecule is O=[N+]([O-])c1cc(Cl)c(Cl)cc1C(O)C(O)CCS. The standard InChI is InChI=1S/C10H11Cl2NO4S/c11-6-3-5(10(15)9(14)1-2-18)8(13(16)17)4-7(6)12/h3-4,9-10,14-15,18H,1-2H2. The van der Waals surface area contributed by atoms with Crippen molar-refractivity contribution >= 4 is 41.5 Å². The number of nitrogens with zero attached hydrogens (tertiary/aromatic N) is 1. The summed E-state index contributed by atoms with van der Waals surface area (Å²) in [7, 11) is 0. The van der Waals surface area contributed by atoms with Crippen molar-refractivity contribution < 1.29 is 15.1 Å². The lowest BCUT2D eigenvalue weighted by atomic mass is 10.0. The van der Waals surface area contributed by atoms with Crippen molar-refractivity contribution in [2.45, 2.75) is 18.6 Å². The van der Waals surface area contributed by atoms with Gasteiger partial charge in [-0.1, -0.05) is 23.2 Å². The summed E-state index contributed by atoms with van der Waals surface area (Å²) in [5.41, 5.74) is -0.446. The van der Waals surface area contributed by atoms with Crippen LogP contribution >= 0.6 is 35.8 Å². The third-order valence-electron chi connectivity index (χ3n) is 2.37. The van der Waals surface area contributed by atoms with Crippen LogP contribution in [-0.4, -0.2) is 27.0 Å². The first-order chi connectivity index (χ1) is 8.38. The number of hydrogen-bond donors (Lipinski definition) is 3. The summed E-state index contributed by atoms with van der Waals surface area (Å²) in [5.74, 6) is 0.341. The maximum Gasteiger partial charge on any atom is 0.276 e. The van der Waals surface area contributed by atoms with Crippen molar-refractivity contribution in [3.05, 3.63) is 37.9 Å². The number of thiol groups is 1. The number of aliphatic hydroxyl groups excluding tert-OH is 2. The molecule has 2 N–H and O–H groups in total. The summed E-state index contributed by atoms with van der Waals surface area (Å²) in [6.45, 7) is 0. The Bertz CT molecular complexity index is 458. The Hall–Kier alpha value is -0.530. The first-order valence-electron chi connectivity index (χ1n) is 4.98. The van der Waals surface area contributed by atoms with Gasteiger partial charge in [-0.2, -0.15) is 12.6 Å². The van der Waals surface area contributed by atoms with Gasteiger partial charge in [-0.15, -0.1) is 0 Å². The third kappa shape index (κ3) is 3.49. The molecule has 0 aliphatic heterocycles. The van der Waals surface area contributed by atoms with Crippen LogP contribution in [0.1, 0.15) is 18.1 Å². The van der Waals surface area contributed by atoms with E-state index in [4.69, 9.17) is 23.2 Å². The van der Waals surface area contributed by atoms with Crippen LogP contribution < -0.4 is 0 Å². The van der Waals surface area contributed by atoms with E-state index in [9.17, 15) is 20.3 Å². The van der Waals surface area contributed by atoms with Crippen molar-refractivity contribution in [1.29, 1.82) is 0 Å². The first-order valence-corrected chi connectivity index (χ1v) is 6.37. The van der Waals surface area contributed by atoms with Gasteiger partial charge in [0.25, 0.3) is 5.69 Å². The number of halogens is 2. The van der Waals surface area contributed by atoms with E-state index in [0.717, 1.165) is 6.07 Å². The first kappa shape index (κ1) is 15.5. The molecule has 0 bridgehead atoms. The molecule has 0 saturated carbocycles. The molecule has 0 saturated heterocycles. The minimum atomic E-state index is -1.41. The quantitative estimate of drug-likeness (QED) is 0.443. The molecule has 0 heterocycles. The summed E-state index contributed by atoms with van der Waals surface area (Å²) in [5, 5.41) is 30.5. The molecule has 18 heavy (non-hydrogen) atoms. The molecule has 0 fully saturated rings. The van der Waals surface area contributed by atoms with Gasteiger partial charge < -0.3 is 10.2 Å². The molecule has 100 valence electrons. The highest BCUT2D eigenvalue weighted by molar-refractivity contribution is 7.80. The van der Waals surface area contributed by atoms with Gasteiger partial charge in [0.05, 0.1) is 26.6 Å². The monoisotopic (exact) mass is 311 g/mol. The lowest BCUT2D eigenvalue weighted by Gasteiger charge is -2.17. The second-order valence-corrected chi connectivity index (χ2v) is 4.87. The van der Waals surface area contributed by atoms with Gasteiger partial charge in [-0.05, 0) is 18.2 Å². The van der Waals surface area contributed by atoms with E-state index < -0.39 is 17.1 Å². The molecule has 0 radical (unpaired) electrons. The van der Waals surface area contributed by atoms with Crippen LogP contribution in [0.15, 0.2) is 12.1 Å². The second kappa shape index (κ2) is 6.58. The molecule has 0 aliphatic rings. The fourth-order valence-corrected chi connectivity index (χ4v) is 2.04. The summed E-state index contributed by atoms with van der Waals surface area (Å²) in [6.07, 6.45) is -2.37. The minimum Gasteiger partial charge on any atom is -0.390 e. The van der Waals surface area contributed by atoms with Crippen molar-refractivity contribution in [3.63, 3.8) is 0 Å². The lowest BCUT2D eigenvalue weighted by Crippen LogP contribution is -2.19. The largest absolute Gasteiger partial charge is 0.390 e. The Kier molecular flexibility index (Phi) is 5.68. The molecule has 2 atom stereocenters. The van der Waals surface area contributed by atoms with Crippen LogP contribution in [0.5, 0.6) is 0 Å². The smallest absolute Gasteiger partial charge is 0.276 e. The molecular weight excluding hydrogens is 301 g/mol. The molecule has 0 spiro atoms. The van der Waals surface area contributed by atoms with Crippen molar-refractivity contribution in [2.75, 3.05) is 5.75 Å². The van der Waals surface area contributed by atoms with Crippen LogP contribution in [0.2, 0.25) is 10.0 Å². The van der Waals surface area contributed by atoms with E-state index in [2.05, 4.69) is 12.6 Å². The highest BCUT2D eigenvalue weighted by Crippen LogP contribution is 2.35. The van der Waals surface area contributed by atoms with Crippen LogP contribution in [0.4, 0.5) is 5.69 Å². The molecule has 0 aromatic heterocycles. The van der Waals surface area contributed by atoms with E-state index in [1.54, 1.807) is 0 Å². The van der Waals surface area contributed by atoms with E-state index in [1.165, 1.54) is 6.07 Å². The number of nitro groups is 1. The zero-order chi connectivity index (χ0) is 13.9. The van der Waals surface area contributed by atoms with Crippen LogP contribution in [0.3, 0.4) is 0 Å². The average Bonchev–Trinajstić information content (AvgIpc) is 2.31. The van der Waals surface area contributed by atoms with E-state index in [1.807, 2.05) is 0 Å². The Morgan fingerprint density at radius 1 is 1.33 bits per heavy atom. The summed E-state index contributed by atoms with van der Waals surface area (Å²) in [4.78, 5) is 10.2. The van der Waals surface area contributed by atoms with Crippen molar-refractivity contribution in [3.8, 4) is 0 Å². The van der Waals surface area contributed by atoms with E-state index in [0.29, 0.717) is 5.75 Å².